The summed E-state index contributed by atoms with van der Waals surface area (Å²) in [4.78, 5) is 6.54. The summed E-state index contributed by atoms with van der Waals surface area (Å²) in [7, 11) is 3.93. The van der Waals surface area contributed by atoms with E-state index in [-0.39, 0.29) is 0 Å². The third kappa shape index (κ3) is 6.13. The first-order valence-corrected chi connectivity index (χ1v) is 8.76. The molecule has 0 unspecified atom stereocenters. The molecule has 2 aliphatic rings. The number of nitrogens with one attached hydrogen (secondary N) is 1. The number of guanidine groups is 1. The summed E-state index contributed by atoms with van der Waals surface area (Å²) in [5.74, 6) is 1.81. The van der Waals surface area contributed by atoms with Crippen molar-refractivity contribution in [2.45, 2.75) is 39.0 Å². The van der Waals surface area contributed by atoms with E-state index in [2.05, 4.69) is 29.2 Å². The molecule has 1 N–H and O–H groups in total. The first-order chi connectivity index (χ1) is 10.7. The lowest BCUT2D eigenvalue weighted by Crippen LogP contribution is -2.43. The van der Waals surface area contributed by atoms with Crippen molar-refractivity contribution in [3.05, 3.63) is 0 Å². The molecule has 0 radical (unpaired) electrons. The van der Waals surface area contributed by atoms with Gasteiger partial charge in [-0.1, -0.05) is 0 Å². The normalized spacial score (nSPS) is 20.0. The fourth-order valence-corrected chi connectivity index (χ4v) is 2.62. The third-order valence-electron chi connectivity index (χ3n) is 4.75. The van der Waals surface area contributed by atoms with Gasteiger partial charge in [0.05, 0.1) is 6.61 Å². The molecule has 2 fully saturated rings. The van der Waals surface area contributed by atoms with Crippen molar-refractivity contribution in [1.82, 2.24) is 10.2 Å². The van der Waals surface area contributed by atoms with E-state index in [1.54, 1.807) is 0 Å². The Labute approximate surface area is 135 Å². The van der Waals surface area contributed by atoms with Crippen molar-refractivity contribution < 1.29 is 9.47 Å². The van der Waals surface area contributed by atoms with E-state index in [0.29, 0.717) is 5.41 Å². The summed E-state index contributed by atoms with van der Waals surface area (Å²) >= 11 is 0. The van der Waals surface area contributed by atoms with Crippen LogP contribution in [0.3, 0.4) is 0 Å². The molecule has 2 rings (SSSR count). The molecular weight excluding hydrogens is 278 g/mol. The van der Waals surface area contributed by atoms with E-state index in [4.69, 9.17) is 9.47 Å². The van der Waals surface area contributed by atoms with Crippen LogP contribution in [0, 0.1) is 11.3 Å². The van der Waals surface area contributed by atoms with Gasteiger partial charge in [-0.3, -0.25) is 4.99 Å². The topological polar surface area (TPSA) is 46.1 Å². The Hall–Kier alpha value is -0.810. The Kier molecular flexibility index (Phi) is 6.96. The predicted molar refractivity (Wildman–Crippen MR) is 90.3 cm³/mol. The highest BCUT2D eigenvalue weighted by Gasteiger charge is 2.42. The minimum Gasteiger partial charge on any atom is -0.382 e. The smallest absolute Gasteiger partial charge is 0.193 e. The molecule has 0 aromatic rings. The lowest BCUT2D eigenvalue weighted by Gasteiger charge is -2.24. The van der Waals surface area contributed by atoms with Gasteiger partial charge in [0.1, 0.15) is 0 Å². The van der Waals surface area contributed by atoms with E-state index in [9.17, 15) is 0 Å². The second kappa shape index (κ2) is 8.73. The second-order valence-electron chi connectivity index (χ2n) is 6.79. The van der Waals surface area contributed by atoms with Crippen LogP contribution in [-0.2, 0) is 9.47 Å². The fourth-order valence-electron chi connectivity index (χ4n) is 2.62. The number of hydrogen-bond donors (Lipinski definition) is 1. The van der Waals surface area contributed by atoms with E-state index in [0.717, 1.165) is 57.8 Å². The SMILES string of the molecule is CCOCCC1(CNC(=NC)N(C)CCOCC2CC2)CC1. The van der Waals surface area contributed by atoms with Crippen molar-refractivity contribution in [3.63, 3.8) is 0 Å². The Morgan fingerprint density at radius 3 is 2.64 bits per heavy atom. The van der Waals surface area contributed by atoms with Gasteiger partial charge in [-0.15, -0.1) is 0 Å². The van der Waals surface area contributed by atoms with Crippen LogP contribution >= 0.6 is 0 Å². The summed E-state index contributed by atoms with van der Waals surface area (Å²) in [6, 6.07) is 0. The Bertz CT molecular complexity index is 352. The summed E-state index contributed by atoms with van der Waals surface area (Å²) < 4.78 is 11.2. The van der Waals surface area contributed by atoms with Crippen molar-refractivity contribution in [2.75, 3.05) is 53.6 Å². The molecule has 128 valence electrons. The highest BCUT2D eigenvalue weighted by Crippen LogP contribution is 2.48. The van der Waals surface area contributed by atoms with Crippen LogP contribution < -0.4 is 5.32 Å². The van der Waals surface area contributed by atoms with Crippen molar-refractivity contribution >= 4 is 5.96 Å². The standard InChI is InChI=1S/C17H33N3O2/c1-4-21-11-9-17(7-8-17)14-19-16(18-2)20(3)10-12-22-13-15-5-6-15/h15H,4-14H2,1-3H3,(H,18,19). The van der Waals surface area contributed by atoms with Gasteiger partial charge >= 0.3 is 0 Å². The van der Waals surface area contributed by atoms with Crippen LogP contribution in [0.15, 0.2) is 4.99 Å². The first-order valence-electron chi connectivity index (χ1n) is 8.76. The predicted octanol–water partition coefficient (Wildman–Crippen LogP) is 2.13. The fraction of sp³-hybridized carbons (Fsp3) is 0.941. The van der Waals surface area contributed by atoms with Gasteiger partial charge in [-0.25, -0.2) is 0 Å². The molecule has 2 saturated carbocycles. The molecule has 0 bridgehead atoms. The van der Waals surface area contributed by atoms with Gasteiger partial charge in [-0.2, -0.15) is 0 Å². The minimum absolute atomic E-state index is 0.439. The van der Waals surface area contributed by atoms with Crippen LogP contribution in [0.2, 0.25) is 0 Å². The van der Waals surface area contributed by atoms with E-state index < -0.39 is 0 Å². The Balaban J connectivity index is 1.60. The van der Waals surface area contributed by atoms with E-state index >= 15 is 0 Å². The summed E-state index contributed by atoms with van der Waals surface area (Å²) in [5, 5.41) is 3.53. The van der Waals surface area contributed by atoms with E-state index in [1.807, 2.05) is 7.05 Å². The van der Waals surface area contributed by atoms with Crippen molar-refractivity contribution in [2.24, 2.45) is 16.3 Å². The van der Waals surface area contributed by atoms with Gasteiger partial charge < -0.3 is 19.7 Å². The maximum Gasteiger partial charge on any atom is 0.193 e. The highest BCUT2D eigenvalue weighted by molar-refractivity contribution is 5.79. The molecule has 5 heteroatoms. The molecule has 0 aromatic heterocycles. The molecule has 2 aliphatic carbocycles. The van der Waals surface area contributed by atoms with Gasteiger partial charge in [0.25, 0.3) is 0 Å². The second-order valence-corrected chi connectivity index (χ2v) is 6.79. The molecule has 0 heterocycles. The van der Waals surface area contributed by atoms with Gasteiger partial charge in [0.15, 0.2) is 5.96 Å². The molecule has 5 nitrogen and oxygen atoms in total. The Morgan fingerprint density at radius 1 is 1.27 bits per heavy atom. The number of likely N-dealkylation sites (N-methyl/N-ethyl adjacent to an activating group) is 1. The monoisotopic (exact) mass is 311 g/mol. The molecule has 22 heavy (non-hydrogen) atoms. The lowest BCUT2D eigenvalue weighted by molar-refractivity contribution is 0.114. The minimum atomic E-state index is 0.439. The quantitative estimate of drug-likeness (QED) is 0.361. The van der Waals surface area contributed by atoms with Crippen molar-refractivity contribution in [1.29, 1.82) is 0 Å². The zero-order chi connectivity index (χ0) is 15.8. The number of aliphatic imine (C=N–C) groups is 1. The van der Waals surface area contributed by atoms with Crippen LogP contribution in [0.4, 0.5) is 0 Å². The number of rotatable bonds is 11. The molecule has 0 spiro atoms. The summed E-state index contributed by atoms with van der Waals surface area (Å²) in [6.07, 6.45) is 6.46. The lowest BCUT2D eigenvalue weighted by atomic mass is 10.0. The van der Waals surface area contributed by atoms with Crippen LogP contribution in [0.1, 0.15) is 39.0 Å². The highest BCUT2D eigenvalue weighted by atomic mass is 16.5. The third-order valence-corrected chi connectivity index (χ3v) is 4.75. The molecule has 0 amide bonds. The maximum absolute atomic E-state index is 5.71. The molecule has 0 saturated heterocycles. The largest absolute Gasteiger partial charge is 0.382 e. The zero-order valence-electron chi connectivity index (χ0n) is 14.6. The zero-order valence-corrected chi connectivity index (χ0v) is 14.6. The molecule has 0 atom stereocenters. The molecule has 0 aromatic carbocycles. The summed E-state index contributed by atoms with van der Waals surface area (Å²) in [6.45, 7) is 7.35. The average Bonchev–Trinajstić information content (AvgIpc) is 3.41. The van der Waals surface area contributed by atoms with Gasteiger partial charge in [0, 0.05) is 47.0 Å². The molecule has 0 aliphatic heterocycles. The van der Waals surface area contributed by atoms with Crippen molar-refractivity contribution in [3.8, 4) is 0 Å². The average molecular weight is 311 g/mol. The number of nitrogens with zero attached hydrogens (tertiary/aromatic N) is 2. The first kappa shape index (κ1) is 17.5. The van der Waals surface area contributed by atoms with E-state index in [1.165, 1.54) is 25.7 Å². The van der Waals surface area contributed by atoms with Crippen LogP contribution in [0.25, 0.3) is 0 Å². The van der Waals surface area contributed by atoms with Gasteiger partial charge in [-0.05, 0) is 50.4 Å². The summed E-state index contributed by atoms with van der Waals surface area (Å²) in [5.41, 5.74) is 0.439. The number of hydrogen-bond acceptors (Lipinski definition) is 3. The number of ether oxygens (including phenoxy) is 2. The van der Waals surface area contributed by atoms with Crippen LogP contribution in [-0.4, -0.2) is 64.5 Å². The Morgan fingerprint density at radius 2 is 2.05 bits per heavy atom. The molecular formula is C17H33N3O2. The van der Waals surface area contributed by atoms with Gasteiger partial charge in [0.2, 0.25) is 0 Å². The van der Waals surface area contributed by atoms with Crippen LogP contribution in [0.5, 0.6) is 0 Å². The maximum atomic E-state index is 5.71.